The van der Waals surface area contributed by atoms with Crippen LogP contribution in [0.15, 0.2) is 72.0 Å². The number of carbonyl (C=O) groups is 6. The predicted molar refractivity (Wildman–Crippen MR) is 158 cm³/mol. The summed E-state index contributed by atoms with van der Waals surface area (Å²) in [7, 11) is 0. The molecule has 0 saturated carbocycles. The number of rotatable bonds is 14. The molecule has 0 aromatic heterocycles. The monoisotopic (exact) mass is 624 g/mol. The molecule has 4 N–H and O–H groups in total. The molecular weight excluding hydrogens is 588 g/mol. The molecule has 0 spiro atoms. The zero-order valence-electron chi connectivity index (χ0n) is 25.1. The van der Waals surface area contributed by atoms with Crippen LogP contribution in [0.2, 0.25) is 0 Å². The topological polar surface area (TPSA) is 190 Å². The molecule has 2 atom stereocenters. The highest BCUT2D eigenvalue weighted by Gasteiger charge is 2.31. The van der Waals surface area contributed by atoms with E-state index >= 15 is 0 Å². The van der Waals surface area contributed by atoms with Crippen LogP contribution in [0.25, 0.3) is 0 Å². The van der Waals surface area contributed by atoms with E-state index in [0.717, 1.165) is 11.1 Å². The third kappa shape index (κ3) is 10.7. The smallest absolute Gasteiger partial charge is 0.408 e. The maximum atomic E-state index is 12.9. The van der Waals surface area contributed by atoms with Crippen LogP contribution >= 0.6 is 0 Å². The van der Waals surface area contributed by atoms with Crippen LogP contribution in [-0.4, -0.2) is 77.7 Å². The molecule has 0 fully saturated rings. The normalized spacial score (nSPS) is 13.7. The number of hydrogen-bond donors (Lipinski definition) is 4. The number of amides is 4. The predicted octanol–water partition coefficient (Wildman–Crippen LogP) is 1.46. The molecule has 1 heterocycles. The maximum Gasteiger partial charge on any atom is 0.408 e. The van der Waals surface area contributed by atoms with E-state index in [4.69, 9.17) is 14.2 Å². The maximum absolute atomic E-state index is 12.9. The number of carbonyl (C=O) groups excluding carboxylic acids is 5. The molecule has 14 nitrogen and oxygen atoms in total. The summed E-state index contributed by atoms with van der Waals surface area (Å²) in [6.07, 6.45) is -0.632. The average Bonchev–Trinajstić information content (AvgIpc) is 3.35. The van der Waals surface area contributed by atoms with E-state index < -0.39 is 61.0 Å². The molecule has 1 aliphatic heterocycles. The number of benzene rings is 2. The number of hydrogen-bond acceptors (Lipinski definition) is 9. The zero-order chi connectivity index (χ0) is 32.9. The highest BCUT2D eigenvalue weighted by atomic mass is 16.6. The van der Waals surface area contributed by atoms with E-state index in [-0.39, 0.29) is 36.9 Å². The van der Waals surface area contributed by atoms with Gasteiger partial charge >= 0.3 is 18.0 Å². The van der Waals surface area contributed by atoms with Crippen molar-refractivity contribution in [2.45, 2.75) is 45.9 Å². The molecule has 0 aliphatic carbocycles. The van der Waals surface area contributed by atoms with E-state index in [1.807, 2.05) is 24.3 Å². The van der Waals surface area contributed by atoms with Crippen LogP contribution in [0, 0.1) is 5.92 Å². The second kappa shape index (κ2) is 16.4. The Morgan fingerprint density at radius 2 is 1.53 bits per heavy atom. The quantitative estimate of drug-likeness (QED) is 0.177. The molecule has 4 amide bonds. The molecule has 0 saturated heterocycles. The van der Waals surface area contributed by atoms with Crippen LogP contribution in [0.1, 0.15) is 31.9 Å². The molecule has 0 unspecified atom stereocenters. The Bertz CT molecular complexity index is 1410. The molecule has 2 aromatic carbocycles. The van der Waals surface area contributed by atoms with E-state index in [1.54, 1.807) is 50.2 Å². The van der Waals surface area contributed by atoms with Gasteiger partial charge in [0.1, 0.15) is 37.6 Å². The summed E-state index contributed by atoms with van der Waals surface area (Å²) in [5.74, 6) is -4.84. The number of aliphatic carboxylic acids is 1. The number of esters is 1. The lowest BCUT2D eigenvalue weighted by molar-refractivity contribution is -0.152. The third-order valence-corrected chi connectivity index (χ3v) is 6.54. The number of cyclic esters (lactones) is 1. The standard InChI is InChI=1S/C31H36N4O10/c1-19(2)27(33-31(42)45-16-22-12-8-5-9-13-22)29(40)32-20(3)28(39)34-35(15-26(37)38)25(36)18-43-24-17-44-30(41)23(24)14-21-10-6-4-7-11-21/h4-13,19-20,27H,14-18H2,1-3H3,(H,32,40)(H,33,42)(H,34,39)(H,37,38)/t20-,27-/m0/s1. The minimum absolute atomic E-state index is 0.00989. The fraction of sp³-hybridized carbons (Fsp3) is 0.355. The highest BCUT2D eigenvalue weighted by molar-refractivity contribution is 5.93. The Labute approximate surface area is 259 Å². The summed E-state index contributed by atoms with van der Waals surface area (Å²) in [5, 5.41) is 14.8. The average molecular weight is 625 g/mol. The van der Waals surface area contributed by atoms with Gasteiger partial charge in [0, 0.05) is 6.42 Å². The number of ether oxygens (including phenoxy) is 3. The summed E-state index contributed by atoms with van der Waals surface area (Å²) in [6.45, 7) is 2.86. The summed E-state index contributed by atoms with van der Waals surface area (Å²) >= 11 is 0. The number of carboxylic acid groups (broad SMARTS) is 1. The van der Waals surface area contributed by atoms with E-state index in [9.17, 15) is 33.9 Å². The number of carboxylic acids is 1. The highest BCUT2D eigenvalue weighted by Crippen LogP contribution is 2.21. The number of nitrogens with zero attached hydrogens (tertiary/aromatic N) is 1. The van der Waals surface area contributed by atoms with Gasteiger partial charge in [-0.3, -0.25) is 24.6 Å². The summed E-state index contributed by atoms with van der Waals surface area (Å²) in [5.41, 5.74) is 3.96. The second-order valence-corrected chi connectivity index (χ2v) is 10.4. The Balaban J connectivity index is 1.57. The van der Waals surface area contributed by atoms with Crippen molar-refractivity contribution in [2.24, 2.45) is 5.92 Å². The van der Waals surface area contributed by atoms with Gasteiger partial charge < -0.3 is 30.0 Å². The first-order chi connectivity index (χ1) is 21.4. The zero-order valence-corrected chi connectivity index (χ0v) is 25.1. The van der Waals surface area contributed by atoms with Gasteiger partial charge in [-0.05, 0) is 24.0 Å². The summed E-state index contributed by atoms with van der Waals surface area (Å²) in [6, 6.07) is 15.7. The first kappa shape index (κ1) is 34.1. The van der Waals surface area contributed by atoms with Gasteiger partial charge in [0.25, 0.3) is 11.8 Å². The number of hydrazine groups is 1. The van der Waals surface area contributed by atoms with Crippen molar-refractivity contribution in [1.29, 1.82) is 0 Å². The fourth-order valence-electron chi connectivity index (χ4n) is 4.10. The molecule has 1 aliphatic rings. The Morgan fingerprint density at radius 3 is 2.13 bits per heavy atom. The van der Waals surface area contributed by atoms with Crippen LogP contribution in [-0.2, 0) is 51.2 Å². The van der Waals surface area contributed by atoms with Gasteiger partial charge in [-0.15, -0.1) is 0 Å². The third-order valence-electron chi connectivity index (χ3n) is 6.54. The SMILES string of the molecule is CC(C)[C@H](NC(=O)OCc1ccccc1)C(=O)N[C@@H](C)C(=O)NN(CC(=O)O)C(=O)COC1=C(Cc2ccccc2)C(=O)OC1. The summed E-state index contributed by atoms with van der Waals surface area (Å²) in [4.78, 5) is 74.7. The van der Waals surface area contributed by atoms with Gasteiger partial charge in [-0.25, -0.2) is 14.6 Å². The van der Waals surface area contributed by atoms with Crippen LogP contribution < -0.4 is 16.1 Å². The van der Waals surface area contributed by atoms with Crippen molar-refractivity contribution in [3.05, 3.63) is 83.1 Å². The number of alkyl carbamates (subject to hydrolysis) is 1. The van der Waals surface area contributed by atoms with E-state index in [0.29, 0.717) is 5.01 Å². The van der Waals surface area contributed by atoms with Crippen LogP contribution in [0.4, 0.5) is 4.79 Å². The van der Waals surface area contributed by atoms with Crippen molar-refractivity contribution in [1.82, 2.24) is 21.1 Å². The van der Waals surface area contributed by atoms with Gasteiger partial charge in [-0.1, -0.05) is 74.5 Å². The lowest BCUT2D eigenvalue weighted by Crippen LogP contribution is -2.58. The first-order valence-corrected chi connectivity index (χ1v) is 14.1. The molecule has 45 heavy (non-hydrogen) atoms. The van der Waals surface area contributed by atoms with Crippen molar-refractivity contribution in [3.63, 3.8) is 0 Å². The minimum atomic E-state index is -1.43. The van der Waals surface area contributed by atoms with Crippen molar-refractivity contribution >= 4 is 35.8 Å². The van der Waals surface area contributed by atoms with E-state index in [2.05, 4.69) is 16.1 Å². The molecule has 2 aromatic rings. The van der Waals surface area contributed by atoms with Crippen LogP contribution in [0.5, 0.6) is 0 Å². The Hall–Kier alpha value is -5.40. The van der Waals surface area contributed by atoms with Gasteiger partial charge in [-0.2, -0.15) is 0 Å². The van der Waals surface area contributed by atoms with Gasteiger partial charge in [0.15, 0.2) is 6.61 Å². The second-order valence-electron chi connectivity index (χ2n) is 10.4. The minimum Gasteiger partial charge on any atom is -0.484 e. The molecular formula is C31H36N4O10. The molecule has 0 radical (unpaired) electrons. The van der Waals surface area contributed by atoms with Gasteiger partial charge in [0.05, 0.1) is 5.57 Å². The van der Waals surface area contributed by atoms with Crippen LogP contribution in [0.3, 0.4) is 0 Å². The largest absolute Gasteiger partial charge is 0.484 e. The lowest BCUT2D eigenvalue weighted by Gasteiger charge is -2.26. The molecule has 0 bridgehead atoms. The Kier molecular flexibility index (Phi) is 12.5. The Morgan fingerprint density at radius 1 is 0.911 bits per heavy atom. The van der Waals surface area contributed by atoms with Gasteiger partial charge in [0.2, 0.25) is 5.91 Å². The summed E-state index contributed by atoms with van der Waals surface area (Å²) < 4.78 is 15.7. The van der Waals surface area contributed by atoms with Crippen molar-refractivity contribution < 1.29 is 48.1 Å². The van der Waals surface area contributed by atoms with Crippen molar-refractivity contribution in [2.75, 3.05) is 19.8 Å². The first-order valence-electron chi connectivity index (χ1n) is 14.1. The lowest BCUT2D eigenvalue weighted by atomic mass is 10.0. The van der Waals surface area contributed by atoms with Crippen molar-refractivity contribution in [3.8, 4) is 0 Å². The van der Waals surface area contributed by atoms with E-state index in [1.165, 1.54) is 6.92 Å². The molecule has 240 valence electrons. The molecule has 14 heteroatoms. The number of nitrogens with one attached hydrogen (secondary N) is 3. The fourth-order valence-corrected chi connectivity index (χ4v) is 4.10. The molecule has 3 rings (SSSR count).